The second kappa shape index (κ2) is 13.5. The van der Waals surface area contributed by atoms with E-state index in [4.69, 9.17) is 23.1 Å². The van der Waals surface area contributed by atoms with Crippen molar-refractivity contribution >= 4 is 36.7 Å². The molecule has 4 rings (SSSR count). The molecule has 14 nitrogen and oxygen atoms in total. The summed E-state index contributed by atoms with van der Waals surface area (Å²) >= 11 is 3.73. The van der Waals surface area contributed by atoms with Crippen LogP contribution in [0.15, 0.2) is 0 Å². The van der Waals surface area contributed by atoms with Crippen LogP contribution in [0.3, 0.4) is 0 Å². The molecule has 4 aliphatic rings. The van der Waals surface area contributed by atoms with Crippen LogP contribution >= 0.6 is 15.9 Å². The summed E-state index contributed by atoms with van der Waals surface area (Å²) in [5, 5.41) is 22.5. The predicted molar refractivity (Wildman–Crippen MR) is 173 cm³/mol. The molecule has 17 heteroatoms. The Bertz CT molecular complexity index is 1340. The molecule has 4 fully saturated rings. The summed E-state index contributed by atoms with van der Waals surface area (Å²) in [6, 6.07) is 0. The first kappa shape index (κ1) is 39.8. The van der Waals surface area contributed by atoms with Crippen LogP contribution in [0.25, 0.3) is 0 Å². The summed E-state index contributed by atoms with van der Waals surface area (Å²) in [7, 11) is -9.96. The van der Waals surface area contributed by atoms with Gasteiger partial charge in [0.05, 0.1) is 59.0 Å². The quantitative estimate of drug-likeness (QED) is 0.164. The van der Waals surface area contributed by atoms with Crippen molar-refractivity contribution in [3.05, 3.63) is 0 Å². The Morgan fingerprint density at radius 3 is 2.00 bits per heavy atom. The highest BCUT2D eigenvalue weighted by Crippen LogP contribution is 2.49. The van der Waals surface area contributed by atoms with Crippen molar-refractivity contribution in [3.8, 4) is 0 Å². The first-order chi connectivity index (χ1) is 21.2. The standard InChI is InChI=1S/C30H53BrO14S2/c1-25(2,32)20-11-15-28(6,42-20)23(44-47(37,38)39)13-17-30(33,18-40-46(34,35)36)24-9-8-21-27(5,43-24)16-12-22(41-21)29(7)14-10-19(31)26(3,4)45-29/h19-24,32-33H,8-18H2,1-7H3,(H,34,35,36)(H,37,38,39). The van der Waals surface area contributed by atoms with Gasteiger partial charge in [0.1, 0.15) is 11.7 Å². The fourth-order valence-corrected chi connectivity index (χ4v) is 9.06. The molecule has 4 N–H and O–H groups in total. The van der Waals surface area contributed by atoms with E-state index in [2.05, 4.69) is 40.9 Å². The van der Waals surface area contributed by atoms with E-state index >= 15 is 0 Å². The van der Waals surface area contributed by atoms with Crippen LogP contribution in [0.1, 0.15) is 113 Å². The normalized spacial score (nSPS) is 40.4. The number of fused-ring (bicyclic) bond motifs is 1. The fraction of sp³-hybridized carbons (Fsp3) is 1.00. The van der Waals surface area contributed by atoms with Gasteiger partial charge in [0.15, 0.2) is 0 Å². The third kappa shape index (κ3) is 9.46. The molecule has 0 radical (unpaired) electrons. The Morgan fingerprint density at radius 2 is 1.45 bits per heavy atom. The topological polar surface area (TPSA) is 205 Å². The molecule has 4 saturated heterocycles. The maximum absolute atomic E-state index is 12.0. The van der Waals surface area contributed by atoms with E-state index in [1.54, 1.807) is 20.8 Å². The Labute approximate surface area is 287 Å². The monoisotopic (exact) mass is 780 g/mol. The summed E-state index contributed by atoms with van der Waals surface area (Å²) in [5.74, 6) is 0. The van der Waals surface area contributed by atoms with Crippen molar-refractivity contribution in [2.45, 2.75) is 182 Å². The van der Waals surface area contributed by atoms with E-state index in [0.29, 0.717) is 25.7 Å². The molecule has 0 bridgehead atoms. The van der Waals surface area contributed by atoms with E-state index in [1.807, 2.05) is 6.92 Å². The molecular weight excluding hydrogens is 728 g/mol. The average Bonchev–Trinajstić information content (AvgIpc) is 3.34. The fourth-order valence-electron chi connectivity index (χ4n) is 7.80. The smallest absolute Gasteiger partial charge is 0.388 e. The van der Waals surface area contributed by atoms with Crippen molar-refractivity contribution in [3.63, 3.8) is 0 Å². The molecule has 0 saturated carbocycles. The molecule has 0 aromatic heterocycles. The maximum Gasteiger partial charge on any atom is 0.397 e. The van der Waals surface area contributed by atoms with Crippen LogP contribution < -0.4 is 0 Å². The second-order valence-electron chi connectivity index (χ2n) is 15.6. The van der Waals surface area contributed by atoms with Gasteiger partial charge in [-0.25, -0.2) is 8.37 Å². The zero-order chi connectivity index (χ0) is 35.5. The number of hydrogen-bond acceptors (Lipinski definition) is 12. The molecule has 0 aromatic carbocycles. The minimum Gasteiger partial charge on any atom is -0.388 e. The van der Waals surface area contributed by atoms with Crippen molar-refractivity contribution in [2.24, 2.45) is 0 Å². The van der Waals surface area contributed by atoms with Gasteiger partial charge in [-0.05, 0) is 113 Å². The molecule has 276 valence electrons. The van der Waals surface area contributed by atoms with E-state index in [1.165, 1.54) is 0 Å². The number of hydrogen-bond donors (Lipinski definition) is 4. The van der Waals surface area contributed by atoms with Gasteiger partial charge < -0.3 is 29.2 Å². The molecule has 10 unspecified atom stereocenters. The number of aliphatic hydroxyl groups is 2. The first-order valence-electron chi connectivity index (χ1n) is 16.3. The van der Waals surface area contributed by atoms with Crippen molar-refractivity contribution < 1.29 is 63.5 Å². The molecule has 0 aromatic rings. The minimum absolute atomic E-state index is 0.194. The van der Waals surface area contributed by atoms with Gasteiger partial charge in [0, 0.05) is 4.83 Å². The van der Waals surface area contributed by atoms with Gasteiger partial charge in [-0.3, -0.25) is 9.11 Å². The highest BCUT2D eigenvalue weighted by molar-refractivity contribution is 9.09. The minimum atomic E-state index is -4.99. The Balaban J connectivity index is 1.52. The summed E-state index contributed by atoms with van der Waals surface area (Å²) in [4.78, 5) is 0.214. The molecule has 47 heavy (non-hydrogen) atoms. The van der Waals surface area contributed by atoms with Crippen molar-refractivity contribution in [2.75, 3.05) is 6.61 Å². The SMILES string of the molecule is CC(C)(O)C1CCC(C)(C(CCC(O)(COS(=O)(=O)O)C2CCC3OC(C4(C)CCC(Br)C(C)(C)O4)CCC3(C)O2)OS(=O)(=O)O)O1. The largest absolute Gasteiger partial charge is 0.397 e. The first-order valence-corrected chi connectivity index (χ1v) is 19.9. The summed E-state index contributed by atoms with van der Waals surface area (Å²) < 4.78 is 102. The van der Waals surface area contributed by atoms with Crippen molar-refractivity contribution in [1.82, 2.24) is 0 Å². The van der Waals surface area contributed by atoms with Crippen molar-refractivity contribution in [1.29, 1.82) is 0 Å². The van der Waals surface area contributed by atoms with Crippen LogP contribution in [0.4, 0.5) is 0 Å². The lowest BCUT2D eigenvalue weighted by atomic mass is 9.75. The second-order valence-corrected chi connectivity index (χ2v) is 18.9. The lowest BCUT2D eigenvalue weighted by Gasteiger charge is -2.56. The average molecular weight is 782 g/mol. The van der Waals surface area contributed by atoms with Gasteiger partial charge in [0.25, 0.3) is 0 Å². The van der Waals surface area contributed by atoms with Gasteiger partial charge >= 0.3 is 20.8 Å². The van der Waals surface area contributed by atoms with Crippen LogP contribution in [-0.2, 0) is 48.1 Å². The lowest BCUT2D eigenvalue weighted by Crippen LogP contribution is -2.64. The Hall–Kier alpha value is -0.0200. The van der Waals surface area contributed by atoms with Gasteiger partial charge in [-0.1, -0.05) is 15.9 Å². The van der Waals surface area contributed by atoms with E-state index in [-0.39, 0.29) is 48.3 Å². The van der Waals surface area contributed by atoms with Crippen LogP contribution in [-0.4, -0.2) is 112 Å². The third-order valence-corrected chi connectivity index (χ3v) is 13.2. The molecule has 10 atom stereocenters. The number of alkyl halides is 1. The molecular formula is C30H53BrO14S2. The zero-order valence-corrected chi connectivity index (χ0v) is 31.5. The highest BCUT2D eigenvalue weighted by atomic mass is 79.9. The van der Waals surface area contributed by atoms with Gasteiger partial charge in [-0.2, -0.15) is 16.8 Å². The zero-order valence-electron chi connectivity index (χ0n) is 28.3. The van der Waals surface area contributed by atoms with E-state index in [0.717, 1.165) is 12.8 Å². The molecule has 0 aliphatic carbocycles. The van der Waals surface area contributed by atoms with Crippen LogP contribution in [0, 0.1) is 0 Å². The van der Waals surface area contributed by atoms with E-state index in [9.17, 15) is 36.2 Å². The van der Waals surface area contributed by atoms with Gasteiger partial charge in [0.2, 0.25) is 0 Å². The predicted octanol–water partition coefficient (Wildman–Crippen LogP) is 3.81. The molecule has 4 heterocycles. The molecule has 4 aliphatic heterocycles. The highest BCUT2D eigenvalue weighted by Gasteiger charge is 2.57. The van der Waals surface area contributed by atoms with Crippen LogP contribution in [0.5, 0.6) is 0 Å². The molecule has 0 spiro atoms. The maximum atomic E-state index is 12.0. The van der Waals surface area contributed by atoms with Crippen LogP contribution in [0.2, 0.25) is 0 Å². The number of halogens is 1. The van der Waals surface area contributed by atoms with Gasteiger partial charge in [-0.15, -0.1) is 0 Å². The summed E-state index contributed by atoms with van der Waals surface area (Å²) in [6.07, 6.45) is 0.0800. The Morgan fingerprint density at radius 1 is 0.830 bits per heavy atom. The molecule has 0 amide bonds. The number of rotatable bonds is 12. The third-order valence-electron chi connectivity index (χ3n) is 10.8. The van der Waals surface area contributed by atoms with E-state index < -0.39 is 73.7 Å². The number of ether oxygens (including phenoxy) is 4. The Kier molecular flexibility index (Phi) is 11.4. The summed E-state index contributed by atoms with van der Waals surface area (Å²) in [6.45, 7) is 11.9. The summed E-state index contributed by atoms with van der Waals surface area (Å²) in [5.41, 5.74) is -6.38. The lowest BCUT2D eigenvalue weighted by molar-refractivity contribution is -0.304.